The van der Waals surface area contributed by atoms with E-state index >= 15 is 0 Å². The zero-order valence-electron chi connectivity index (χ0n) is 18.1. The molecule has 4 rings (SSSR count). The lowest BCUT2D eigenvalue weighted by atomic mass is 10.0. The standard InChI is InChI=1S/C22H23ClF2N4O3S/c1-14(2)21(29-13-26-19-11-17(24)18(25)12-20(19)29)22(30)27-7-9-28(10-8-27)33(31,32)16-5-3-15(23)4-6-16/h3-6,11-14,21H,7-10H2,1-2H3. The van der Waals surface area contributed by atoms with E-state index in [9.17, 15) is 22.0 Å². The van der Waals surface area contributed by atoms with Crippen molar-refractivity contribution in [2.24, 2.45) is 5.92 Å². The molecular formula is C22H23ClF2N4O3S. The van der Waals surface area contributed by atoms with E-state index in [0.29, 0.717) is 10.5 Å². The van der Waals surface area contributed by atoms with Gasteiger partial charge in [-0.05, 0) is 30.2 Å². The summed E-state index contributed by atoms with van der Waals surface area (Å²) < 4.78 is 56.2. The molecule has 7 nitrogen and oxygen atoms in total. The molecule has 0 aliphatic carbocycles. The highest BCUT2D eigenvalue weighted by Gasteiger charge is 2.35. The van der Waals surface area contributed by atoms with Gasteiger partial charge in [0.25, 0.3) is 0 Å². The van der Waals surface area contributed by atoms with Crippen molar-refractivity contribution in [1.82, 2.24) is 18.8 Å². The van der Waals surface area contributed by atoms with Gasteiger partial charge in [-0.15, -0.1) is 0 Å². The number of carbonyl (C=O) groups is 1. The lowest BCUT2D eigenvalue weighted by Crippen LogP contribution is -2.52. The molecule has 0 radical (unpaired) electrons. The fraction of sp³-hybridized carbons (Fsp3) is 0.364. The molecular weight excluding hydrogens is 474 g/mol. The molecule has 33 heavy (non-hydrogen) atoms. The van der Waals surface area contributed by atoms with E-state index in [4.69, 9.17) is 11.6 Å². The van der Waals surface area contributed by atoms with Crippen molar-refractivity contribution in [2.45, 2.75) is 24.8 Å². The average Bonchev–Trinajstić information content (AvgIpc) is 3.16. The van der Waals surface area contributed by atoms with Crippen LogP contribution in [0.4, 0.5) is 8.78 Å². The van der Waals surface area contributed by atoms with Gasteiger partial charge in [0.05, 0.1) is 22.3 Å². The molecule has 3 aromatic rings. The van der Waals surface area contributed by atoms with Crippen LogP contribution in [0.3, 0.4) is 0 Å². The number of hydrogen-bond acceptors (Lipinski definition) is 4. The first-order chi connectivity index (χ1) is 15.6. The van der Waals surface area contributed by atoms with Gasteiger partial charge in [-0.1, -0.05) is 25.4 Å². The minimum absolute atomic E-state index is 0.144. The molecule has 2 aromatic carbocycles. The minimum Gasteiger partial charge on any atom is -0.338 e. The minimum atomic E-state index is -3.70. The first-order valence-electron chi connectivity index (χ1n) is 10.5. The first kappa shape index (κ1) is 23.6. The number of amides is 1. The maximum Gasteiger partial charge on any atom is 0.246 e. The van der Waals surface area contributed by atoms with Gasteiger partial charge in [-0.3, -0.25) is 4.79 Å². The number of sulfonamides is 1. The summed E-state index contributed by atoms with van der Waals surface area (Å²) in [5.74, 6) is -2.41. The predicted molar refractivity (Wildman–Crippen MR) is 120 cm³/mol. The van der Waals surface area contributed by atoms with Gasteiger partial charge in [-0.25, -0.2) is 22.2 Å². The lowest BCUT2D eigenvalue weighted by Gasteiger charge is -2.37. The van der Waals surface area contributed by atoms with Crippen LogP contribution in [0.25, 0.3) is 11.0 Å². The molecule has 176 valence electrons. The summed E-state index contributed by atoms with van der Waals surface area (Å²) in [6.45, 7) is 4.43. The second-order valence-electron chi connectivity index (χ2n) is 8.28. The number of rotatable bonds is 5. The number of hydrogen-bond donors (Lipinski definition) is 0. The number of piperazine rings is 1. The van der Waals surface area contributed by atoms with Gasteiger partial charge in [-0.2, -0.15) is 4.31 Å². The van der Waals surface area contributed by atoms with E-state index in [1.807, 2.05) is 13.8 Å². The van der Waals surface area contributed by atoms with Crippen molar-refractivity contribution in [3.05, 3.63) is 59.4 Å². The Morgan fingerprint density at radius 2 is 1.64 bits per heavy atom. The highest BCUT2D eigenvalue weighted by Crippen LogP contribution is 2.28. The van der Waals surface area contributed by atoms with Crippen molar-refractivity contribution in [3.8, 4) is 0 Å². The van der Waals surface area contributed by atoms with Crippen LogP contribution in [0.15, 0.2) is 47.6 Å². The quantitative estimate of drug-likeness (QED) is 0.540. The summed E-state index contributed by atoms with van der Waals surface area (Å²) in [7, 11) is -3.70. The second kappa shape index (κ2) is 9.00. The van der Waals surface area contributed by atoms with E-state index in [-0.39, 0.29) is 48.4 Å². The molecule has 1 atom stereocenters. The van der Waals surface area contributed by atoms with Crippen LogP contribution in [-0.4, -0.2) is 59.3 Å². The van der Waals surface area contributed by atoms with E-state index in [1.165, 1.54) is 34.9 Å². The maximum absolute atomic E-state index is 13.9. The number of carbonyl (C=O) groups excluding carboxylic acids is 1. The van der Waals surface area contributed by atoms with Crippen LogP contribution in [0.5, 0.6) is 0 Å². The molecule has 1 aromatic heterocycles. The number of aromatic nitrogens is 2. The molecule has 0 N–H and O–H groups in total. The van der Waals surface area contributed by atoms with Crippen LogP contribution < -0.4 is 0 Å². The predicted octanol–water partition coefficient (Wildman–Crippen LogP) is 3.70. The van der Waals surface area contributed by atoms with Gasteiger partial charge in [0.1, 0.15) is 6.04 Å². The molecule has 0 saturated carbocycles. The molecule has 1 aliphatic heterocycles. The maximum atomic E-state index is 13.9. The van der Waals surface area contributed by atoms with Gasteiger partial charge in [0.15, 0.2) is 11.6 Å². The number of fused-ring (bicyclic) bond motifs is 1. The second-order valence-corrected chi connectivity index (χ2v) is 10.7. The summed E-state index contributed by atoms with van der Waals surface area (Å²) in [6, 6.07) is 7.29. The summed E-state index contributed by atoms with van der Waals surface area (Å²) in [4.78, 5) is 19.3. The first-order valence-corrected chi connectivity index (χ1v) is 12.3. The molecule has 1 fully saturated rings. The van der Waals surface area contributed by atoms with E-state index in [1.54, 1.807) is 9.47 Å². The summed E-state index contributed by atoms with van der Waals surface area (Å²) >= 11 is 5.85. The summed E-state index contributed by atoms with van der Waals surface area (Å²) in [5.41, 5.74) is 0.580. The van der Waals surface area contributed by atoms with Gasteiger partial charge >= 0.3 is 0 Å². The molecule has 1 unspecified atom stereocenters. The topological polar surface area (TPSA) is 75.5 Å². The zero-order valence-corrected chi connectivity index (χ0v) is 19.7. The molecule has 1 aliphatic rings. The smallest absolute Gasteiger partial charge is 0.246 e. The van der Waals surface area contributed by atoms with Crippen LogP contribution in [0.1, 0.15) is 19.9 Å². The van der Waals surface area contributed by atoms with Crippen molar-refractivity contribution in [3.63, 3.8) is 0 Å². The number of benzene rings is 2. The van der Waals surface area contributed by atoms with Crippen LogP contribution in [-0.2, 0) is 14.8 Å². The van der Waals surface area contributed by atoms with Gasteiger partial charge < -0.3 is 9.47 Å². The fourth-order valence-corrected chi connectivity index (χ4v) is 5.61. The Labute approximate surface area is 195 Å². The van der Waals surface area contributed by atoms with Crippen molar-refractivity contribution < 1.29 is 22.0 Å². The Kier molecular flexibility index (Phi) is 6.43. The van der Waals surface area contributed by atoms with Crippen molar-refractivity contribution in [1.29, 1.82) is 0 Å². The average molecular weight is 497 g/mol. The summed E-state index contributed by atoms with van der Waals surface area (Å²) in [5, 5.41) is 0.443. The van der Waals surface area contributed by atoms with E-state index in [2.05, 4.69) is 4.98 Å². The Hall–Kier alpha value is -2.56. The zero-order chi connectivity index (χ0) is 23.9. The molecule has 1 saturated heterocycles. The third-order valence-corrected chi connectivity index (χ3v) is 7.97. The molecule has 0 spiro atoms. The fourth-order valence-electron chi connectivity index (χ4n) is 4.06. The lowest BCUT2D eigenvalue weighted by molar-refractivity contribution is -0.137. The molecule has 2 heterocycles. The van der Waals surface area contributed by atoms with Gasteiger partial charge in [0, 0.05) is 43.3 Å². The molecule has 0 bridgehead atoms. The van der Waals surface area contributed by atoms with Crippen LogP contribution >= 0.6 is 11.6 Å². The Balaban J connectivity index is 1.53. The van der Waals surface area contributed by atoms with Gasteiger partial charge in [0.2, 0.25) is 15.9 Å². The number of halogens is 3. The highest BCUT2D eigenvalue weighted by atomic mass is 35.5. The largest absolute Gasteiger partial charge is 0.338 e. The normalized spacial score (nSPS) is 16.5. The van der Waals surface area contributed by atoms with Crippen LogP contribution in [0.2, 0.25) is 5.02 Å². The van der Waals surface area contributed by atoms with Crippen LogP contribution in [0, 0.1) is 17.6 Å². The third kappa shape index (κ3) is 4.47. The monoisotopic (exact) mass is 496 g/mol. The Morgan fingerprint density at radius 3 is 2.24 bits per heavy atom. The van der Waals surface area contributed by atoms with E-state index in [0.717, 1.165) is 12.1 Å². The Bertz CT molecular complexity index is 1290. The highest BCUT2D eigenvalue weighted by molar-refractivity contribution is 7.89. The van der Waals surface area contributed by atoms with Crippen molar-refractivity contribution in [2.75, 3.05) is 26.2 Å². The summed E-state index contributed by atoms with van der Waals surface area (Å²) in [6.07, 6.45) is 1.41. The molecule has 11 heteroatoms. The number of imidazole rings is 1. The third-order valence-electron chi connectivity index (χ3n) is 5.80. The number of nitrogens with zero attached hydrogens (tertiary/aromatic N) is 4. The SMILES string of the molecule is CC(C)C(C(=O)N1CCN(S(=O)(=O)c2ccc(Cl)cc2)CC1)n1cnc2cc(F)c(F)cc21. The van der Waals surface area contributed by atoms with E-state index < -0.39 is 27.7 Å². The Morgan fingerprint density at radius 1 is 1.03 bits per heavy atom. The molecule has 1 amide bonds. The van der Waals surface area contributed by atoms with Crippen molar-refractivity contribution >= 4 is 38.6 Å².